The lowest BCUT2D eigenvalue weighted by Crippen LogP contribution is -2.72. The van der Waals surface area contributed by atoms with Crippen molar-refractivity contribution in [1.29, 1.82) is 0 Å². The van der Waals surface area contributed by atoms with Gasteiger partial charge in [-0.2, -0.15) is 0 Å². The van der Waals surface area contributed by atoms with E-state index in [0.717, 1.165) is 42.4 Å². The Labute approximate surface area is 307 Å². The Hall–Kier alpha value is -2.92. The van der Waals surface area contributed by atoms with Crippen molar-refractivity contribution in [1.82, 2.24) is 10.6 Å². The van der Waals surface area contributed by atoms with Crippen LogP contribution in [0.4, 0.5) is 4.79 Å². The second kappa shape index (κ2) is 14.8. The summed E-state index contributed by atoms with van der Waals surface area (Å²) in [4.78, 5) is 65.1. The fourth-order valence-electron chi connectivity index (χ4n) is 11.0. The third-order valence-electron chi connectivity index (χ3n) is 13.2. The van der Waals surface area contributed by atoms with Gasteiger partial charge in [0.25, 0.3) is 0 Å². The van der Waals surface area contributed by atoms with Crippen LogP contribution in [0.3, 0.4) is 0 Å². The van der Waals surface area contributed by atoms with Gasteiger partial charge in [-0.05, 0) is 94.2 Å². The number of ketones is 1. The van der Waals surface area contributed by atoms with E-state index < -0.39 is 28.6 Å². The molecule has 4 fully saturated rings. The van der Waals surface area contributed by atoms with Gasteiger partial charge in [0.05, 0.1) is 18.3 Å². The van der Waals surface area contributed by atoms with Crippen LogP contribution in [0.5, 0.6) is 0 Å². The number of esters is 1. The molecule has 4 saturated carbocycles. The van der Waals surface area contributed by atoms with E-state index in [0.29, 0.717) is 31.8 Å². The molecule has 10 nitrogen and oxygen atoms in total. The first-order valence-electron chi connectivity index (χ1n) is 18.6. The number of ether oxygens (including phenoxy) is 3. The van der Waals surface area contributed by atoms with Crippen molar-refractivity contribution in [2.75, 3.05) is 26.0 Å². The quantitative estimate of drug-likeness (QED) is 0.104. The van der Waals surface area contributed by atoms with Crippen LogP contribution in [0.25, 0.3) is 0 Å². The minimum Gasteiger partial charge on any atom is -0.461 e. The SMILES string of the molecule is CO[C@@H]1CC[C@@]23CC4C[C@@H](C)[C@@](C)([C@H](OC(=O)CSc5ccc(CC(=O)NCCCNC(=O)OC(C)(C)C)cc5)C[C@](C)(CC=O)C(=O)[C@@H]2C)[C@]413. The zero-order valence-corrected chi connectivity index (χ0v) is 32.5. The first-order valence-corrected chi connectivity index (χ1v) is 19.6. The monoisotopic (exact) mass is 726 g/mol. The highest BCUT2D eigenvalue weighted by Gasteiger charge is 2.85. The topological polar surface area (TPSA) is 137 Å². The lowest BCUT2D eigenvalue weighted by Gasteiger charge is -2.70. The van der Waals surface area contributed by atoms with E-state index in [-0.39, 0.29) is 65.0 Å². The largest absolute Gasteiger partial charge is 0.461 e. The fourth-order valence-corrected chi connectivity index (χ4v) is 11.7. The highest BCUT2D eigenvalue weighted by atomic mass is 32.2. The van der Waals surface area contributed by atoms with E-state index in [4.69, 9.17) is 14.2 Å². The number of thioether (sulfide) groups is 1. The summed E-state index contributed by atoms with van der Waals surface area (Å²) in [5.74, 6) is 0.229. The number of hydrogen-bond donors (Lipinski definition) is 2. The first kappa shape index (κ1) is 39.3. The molecule has 2 amide bonds. The molecule has 0 aromatic heterocycles. The van der Waals surface area contributed by atoms with Crippen molar-refractivity contribution in [3.8, 4) is 0 Å². The summed E-state index contributed by atoms with van der Waals surface area (Å²) in [5.41, 5.74) is -1.53. The molecule has 0 saturated heterocycles. The molecular formula is C40H58N2O8S. The maximum atomic E-state index is 14.3. The van der Waals surface area contributed by atoms with Crippen LogP contribution in [-0.4, -0.2) is 73.8 Å². The molecular weight excluding hydrogens is 669 g/mol. The van der Waals surface area contributed by atoms with Crippen LogP contribution in [0.1, 0.15) is 99.0 Å². The van der Waals surface area contributed by atoms with Gasteiger partial charge in [-0.15, -0.1) is 11.8 Å². The maximum absolute atomic E-state index is 14.3. The van der Waals surface area contributed by atoms with Gasteiger partial charge in [-0.1, -0.05) is 39.8 Å². The summed E-state index contributed by atoms with van der Waals surface area (Å²) in [6.07, 6.45) is 4.87. The van der Waals surface area contributed by atoms with Gasteiger partial charge in [0, 0.05) is 53.7 Å². The molecule has 0 bridgehead atoms. The number of aldehydes is 1. The third kappa shape index (κ3) is 6.98. The normalized spacial score (nSPS) is 35.4. The minimum absolute atomic E-state index is 0.00535. The zero-order chi connectivity index (χ0) is 37.4. The van der Waals surface area contributed by atoms with Crippen molar-refractivity contribution in [2.45, 2.75) is 123 Å². The Morgan fingerprint density at radius 3 is 2.35 bits per heavy atom. The zero-order valence-electron chi connectivity index (χ0n) is 31.7. The van der Waals surface area contributed by atoms with Crippen LogP contribution in [-0.2, 0) is 39.8 Å². The smallest absolute Gasteiger partial charge is 0.407 e. The van der Waals surface area contributed by atoms with Crippen molar-refractivity contribution < 1.29 is 38.2 Å². The van der Waals surface area contributed by atoms with E-state index in [1.807, 2.05) is 31.2 Å². The summed E-state index contributed by atoms with van der Waals surface area (Å²) in [7, 11) is 1.79. The predicted molar refractivity (Wildman–Crippen MR) is 195 cm³/mol. The van der Waals surface area contributed by atoms with Crippen molar-refractivity contribution in [3.63, 3.8) is 0 Å². The second-order valence-corrected chi connectivity index (χ2v) is 18.1. The molecule has 2 N–H and O–H groups in total. The van der Waals surface area contributed by atoms with Gasteiger partial charge in [-0.3, -0.25) is 14.4 Å². The molecule has 1 aromatic carbocycles. The fraction of sp³-hybridized carbons (Fsp3) is 0.725. The Morgan fingerprint density at radius 1 is 1.02 bits per heavy atom. The predicted octanol–water partition coefficient (Wildman–Crippen LogP) is 6.32. The van der Waals surface area contributed by atoms with Crippen LogP contribution in [0.2, 0.25) is 0 Å². The van der Waals surface area contributed by atoms with E-state index >= 15 is 0 Å². The lowest BCUT2D eigenvalue weighted by atomic mass is 9.33. The average molecular weight is 727 g/mol. The van der Waals surface area contributed by atoms with Crippen LogP contribution in [0, 0.1) is 39.4 Å². The minimum atomic E-state index is -0.916. The number of hydrogen-bond acceptors (Lipinski definition) is 9. The summed E-state index contributed by atoms with van der Waals surface area (Å²) >= 11 is 1.38. The summed E-state index contributed by atoms with van der Waals surface area (Å²) in [5, 5.41) is 5.55. The Kier molecular flexibility index (Phi) is 11.4. The van der Waals surface area contributed by atoms with Gasteiger partial charge in [-0.25, -0.2) is 4.79 Å². The standard InChI is InChI=1S/C40H58N2O8S/c1-25-20-28-22-39-15-14-30(48-8)40(28,39)38(25,7)31(23-37(6,16-19-43)34(46)26(39)2)49-33(45)24-51-29-12-10-27(11-13-29)21-32(44)41-17-9-18-42-35(47)50-36(3,4)5/h10-13,19,25-26,28,30-31H,9,14-18,20-24H2,1-8H3,(H,41,44)(H,42,47)/t25-,26+,28?,30-,31-,37+,38+,39-,40+/m1/s1. The Bertz CT molecular complexity index is 1490. The molecule has 51 heavy (non-hydrogen) atoms. The van der Waals surface area contributed by atoms with E-state index in [1.54, 1.807) is 27.9 Å². The van der Waals surface area contributed by atoms with Crippen LogP contribution >= 0.6 is 11.8 Å². The number of benzene rings is 1. The molecule has 0 aliphatic heterocycles. The number of rotatable bonds is 13. The molecule has 9 atom stereocenters. The van der Waals surface area contributed by atoms with Gasteiger partial charge in [0.2, 0.25) is 5.91 Å². The second-order valence-electron chi connectivity index (χ2n) is 17.1. The van der Waals surface area contributed by atoms with E-state index in [2.05, 4.69) is 31.4 Å². The number of methoxy groups -OCH3 is 1. The van der Waals surface area contributed by atoms with Gasteiger partial charge >= 0.3 is 12.1 Å². The average Bonchev–Trinajstić information content (AvgIpc) is 3.42. The molecule has 11 heteroatoms. The maximum Gasteiger partial charge on any atom is 0.407 e. The van der Waals surface area contributed by atoms with Crippen molar-refractivity contribution in [3.05, 3.63) is 29.8 Å². The number of amides is 2. The molecule has 4 aliphatic carbocycles. The lowest BCUT2D eigenvalue weighted by molar-refractivity contribution is -0.272. The molecule has 4 aliphatic rings. The first-order chi connectivity index (χ1) is 24.0. The molecule has 282 valence electrons. The van der Waals surface area contributed by atoms with Crippen LogP contribution < -0.4 is 10.6 Å². The van der Waals surface area contributed by atoms with E-state index in [9.17, 15) is 24.0 Å². The third-order valence-corrected chi connectivity index (χ3v) is 14.2. The van der Waals surface area contributed by atoms with Crippen molar-refractivity contribution >= 4 is 41.8 Å². The Morgan fingerprint density at radius 2 is 1.71 bits per heavy atom. The molecule has 1 unspecified atom stereocenters. The molecule has 5 rings (SSSR count). The number of alkyl carbamates (subject to hydrolysis) is 1. The number of nitrogens with one attached hydrogen (secondary N) is 2. The van der Waals surface area contributed by atoms with Gasteiger partial charge < -0.3 is 29.6 Å². The molecule has 1 spiro atoms. The molecule has 0 radical (unpaired) electrons. The molecule has 1 aromatic rings. The Balaban J connectivity index is 1.20. The number of carbonyl (C=O) groups excluding carboxylic acids is 5. The number of Topliss-reactive ketones (excluding diaryl/α,β-unsaturated/α-hetero) is 1. The summed E-state index contributed by atoms with van der Waals surface area (Å²) in [6, 6.07) is 7.56. The van der Waals surface area contributed by atoms with Crippen LogP contribution in [0.15, 0.2) is 29.2 Å². The molecule has 0 heterocycles. The summed E-state index contributed by atoms with van der Waals surface area (Å²) in [6.45, 7) is 14.8. The van der Waals surface area contributed by atoms with Gasteiger partial charge in [0.15, 0.2) is 0 Å². The van der Waals surface area contributed by atoms with E-state index in [1.165, 1.54) is 11.8 Å². The summed E-state index contributed by atoms with van der Waals surface area (Å²) < 4.78 is 18.0. The number of carbonyl (C=O) groups is 5. The highest BCUT2D eigenvalue weighted by Crippen LogP contribution is 2.86. The van der Waals surface area contributed by atoms with Gasteiger partial charge in [0.1, 0.15) is 23.8 Å². The highest BCUT2D eigenvalue weighted by molar-refractivity contribution is 8.00. The van der Waals surface area contributed by atoms with Crippen molar-refractivity contribution in [2.24, 2.45) is 39.4 Å².